The van der Waals surface area contributed by atoms with Crippen LogP contribution in [0.3, 0.4) is 0 Å². The molecule has 1 fully saturated rings. The molecule has 2 amide bonds. The molecule has 25 heavy (non-hydrogen) atoms. The molecule has 2 aromatic rings. The molecule has 1 aliphatic heterocycles. The maximum Gasteiger partial charge on any atom is 0.251 e. The second-order valence-electron chi connectivity index (χ2n) is 5.69. The highest BCUT2D eigenvalue weighted by Crippen LogP contribution is 2.11. The molecular formula is C18H21N3O4. The smallest absolute Gasteiger partial charge is 0.251 e. The van der Waals surface area contributed by atoms with Gasteiger partial charge in [0.2, 0.25) is 5.91 Å². The van der Waals surface area contributed by atoms with Gasteiger partial charge in [-0.15, -0.1) is 0 Å². The van der Waals surface area contributed by atoms with Crippen LogP contribution < -0.4 is 10.6 Å². The van der Waals surface area contributed by atoms with E-state index in [1.165, 1.54) is 0 Å². The number of hydrogen-bond acceptors (Lipinski definition) is 5. The summed E-state index contributed by atoms with van der Waals surface area (Å²) < 4.78 is 10.4. The maximum atomic E-state index is 12.2. The van der Waals surface area contributed by atoms with Crippen molar-refractivity contribution in [3.8, 4) is 0 Å². The lowest BCUT2D eigenvalue weighted by molar-refractivity contribution is -0.133. The van der Waals surface area contributed by atoms with E-state index in [0.717, 1.165) is 5.69 Å². The van der Waals surface area contributed by atoms with Crippen molar-refractivity contribution >= 4 is 17.5 Å². The number of carbonyl (C=O) groups excluding carboxylic acids is 2. The van der Waals surface area contributed by atoms with Crippen LogP contribution in [0.15, 0.2) is 47.1 Å². The molecule has 7 nitrogen and oxygen atoms in total. The van der Waals surface area contributed by atoms with Gasteiger partial charge in [-0.05, 0) is 30.3 Å². The zero-order valence-electron chi connectivity index (χ0n) is 13.9. The standard InChI is InChI=1S/C18H21N3O4/c22-17(21-6-9-24-10-7-21)13-19-15-4-1-3-14(11-15)18(23)20-12-16-5-2-8-25-16/h1-5,8,11,19H,6-7,9-10,12-13H2,(H,20,23). The first kappa shape index (κ1) is 17.0. The molecule has 1 aromatic heterocycles. The maximum absolute atomic E-state index is 12.2. The molecule has 2 heterocycles. The summed E-state index contributed by atoms with van der Waals surface area (Å²) in [7, 11) is 0. The SMILES string of the molecule is O=C(NCc1ccco1)c1cccc(NCC(=O)N2CCOCC2)c1. The fourth-order valence-corrected chi connectivity index (χ4v) is 2.56. The van der Waals surface area contributed by atoms with E-state index in [-0.39, 0.29) is 18.4 Å². The van der Waals surface area contributed by atoms with Gasteiger partial charge in [0.15, 0.2) is 0 Å². The summed E-state index contributed by atoms with van der Waals surface area (Å²) in [4.78, 5) is 26.1. The summed E-state index contributed by atoms with van der Waals surface area (Å²) in [5, 5.41) is 5.87. The van der Waals surface area contributed by atoms with Gasteiger partial charge in [0.1, 0.15) is 5.76 Å². The molecule has 0 bridgehead atoms. The van der Waals surface area contributed by atoms with Crippen LogP contribution in [0.1, 0.15) is 16.1 Å². The zero-order valence-corrected chi connectivity index (χ0v) is 13.9. The number of morpholine rings is 1. The molecule has 7 heteroatoms. The van der Waals surface area contributed by atoms with Gasteiger partial charge in [-0.1, -0.05) is 6.07 Å². The second kappa shape index (κ2) is 8.34. The number of nitrogens with zero attached hydrogens (tertiary/aromatic N) is 1. The average Bonchev–Trinajstić information content (AvgIpc) is 3.19. The normalized spacial score (nSPS) is 14.2. The Bertz CT molecular complexity index is 709. The van der Waals surface area contributed by atoms with Crippen molar-refractivity contribution < 1.29 is 18.7 Å². The van der Waals surface area contributed by atoms with Gasteiger partial charge in [0.25, 0.3) is 5.91 Å². The Morgan fingerprint density at radius 1 is 1.12 bits per heavy atom. The molecule has 0 radical (unpaired) electrons. The number of hydrogen-bond donors (Lipinski definition) is 2. The summed E-state index contributed by atoms with van der Waals surface area (Å²) in [6.45, 7) is 2.93. The third-order valence-corrected chi connectivity index (χ3v) is 3.94. The van der Waals surface area contributed by atoms with Crippen LogP contribution in [0.4, 0.5) is 5.69 Å². The molecule has 0 aliphatic carbocycles. The second-order valence-corrected chi connectivity index (χ2v) is 5.69. The van der Waals surface area contributed by atoms with Crippen LogP contribution in [0.2, 0.25) is 0 Å². The largest absolute Gasteiger partial charge is 0.467 e. The topological polar surface area (TPSA) is 83.8 Å². The van der Waals surface area contributed by atoms with Gasteiger partial charge in [0, 0.05) is 24.3 Å². The number of carbonyl (C=O) groups is 2. The number of amides is 2. The van der Waals surface area contributed by atoms with Crippen molar-refractivity contribution in [2.45, 2.75) is 6.54 Å². The molecular weight excluding hydrogens is 322 g/mol. The third-order valence-electron chi connectivity index (χ3n) is 3.94. The van der Waals surface area contributed by atoms with Crippen LogP contribution in [-0.4, -0.2) is 49.6 Å². The minimum atomic E-state index is -0.195. The lowest BCUT2D eigenvalue weighted by Gasteiger charge is -2.27. The van der Waals surface area contributed by atoms with Gasteiger partial charge in [0.05, 0.1) is 32.6 Å². The van der Waals surface area contributed by atoms with Gasteiger partial charge in [-0.2, -0.15) is 0 Å². The van der Waals surface area contributed by atoms with Crippen LogP contribution >= 0.6 is 0 Å². The van der Waals surface area contributed by atoms with Gasteiger partial charge < -0.3 is 24.7 Å². The first-order chi connectivity index (χ1) is 12.2. The lowest BCUT2D eigenvalue weighted by atomic mass is 10.2. The number of furan rings is 1. The summed E-state index contributed by atoms with van der Waals surface area (Å²) >= 11 is 0. The summed E-state index contributed by atoms with van der Waals surface area (Å²) in [6, 6.07) is 10.6. The predicted molar refractivity (Wildman–Crippen MR) is 92.2 cm³/mol. The fraction of sp³-hybridized carbons (Fsp3) is 0.333. The van der Waals surface area contributed by atoms with Crippen molar-refractivity contribution in [2.24, 2.45) is 0 Å². The van der Waals surface area contributed by atoms with E-state index in [0.29, 0.717) is 44.2 Å². The lowest BCUT2D eigenvalue weighted by Crippen LogP contribution is -2.43. The highest BCUT2D eigenvalue weighted by atomic mass is 16.5. The van der Waals surface area contributed by atoms with Crippen LogP contribution in [-0.2, 0) is 16.1 Å². The molecule has 132 valence electrons. The van der Waals surface area contributed by atoms with Crippen molar-refractivity contribution in [2.75, 3.05) is 38.2 Å². The predicted octanol–water partition coefficient (Wildman–Crippen LogP) is 1.48. The van der Waals surface area contributed by atoms with Gasteiger partial charge in [-0.3, -0.25) is 9.59 Å². The summed E-state index contributed by atoms with van der Waals surface area (Å²) in [6.07, 6.45) is 1.57. The Morgan fingerprint density at radius 3 is 2.72 bits per heavy atom. The first-order valence-corrected chi connectivity index (χ1v) is 8.22. The van der Waals surface area contributed by atoms with Crippen molar-refractivity contribution in [1.82, 2.24) is 10.2 Å². The molecule has 0 spiro atoms. The minimum absolute atomic E-state index is 0.0240. The van der Waals surface area contributed by atoms with Crippen LogP contribution in [0.25, 0.3) is 0 Å². The molecule has 0 unspecified atom stereocenters. The molecule has 2 N–H and O–H groups in total. The minimum Gasteiger partial charge on any atom is -0.467 e. The van der Waals surface area contributed by atoms with Gasteiger partial charge in [-0.25, -0.2) is 0 Å². The van der Waals surface area contributed by atoms with E-state index in [9.17, 15) is 9.59 Å². The number of nitrogens with one attached hydrogen (secondary N) is 2. The van der Waals surface area contributed by atoms with E-state index in [1.807, 2.05) is 6.07 Å². The Hall–Kier alpha value is -2.80. The van der Waals surface area contributed by atoms with E-state index in [4.69, 9.17) is 9.15 Å². The Labute approximate surface area is 145 Å². The summed E-state index contributed by atoms with van der Waals surface area (Å²) in [5.74, 6) is 0.522. The Kier molecular flexibility index (Phi) is 5.69. The average molecular weight is 343 g/mol. The Morgan fingerprint density at radius 2 is 1.96 bits per heavy atom. The first-order valence-electron chi connectivity index (χ1n) is 8.22. The Balaban J connectivity index is 1.51. The zero-order chi connectivity index (χ0) is 17.5. The van der Waals surface area contributed by atoms with Crippen molar-refractivity contribution in [1.29, 1.82) is 0 Å². The van der Waals surface area contributed by atoms with E-state index in [2.05, 4.69) is 10.6 Å². The quantitative estimate of drug-likeness (QED) is 0.830. The number of rotatable bonds is 6. The summed E-state index contributed by atoms with van der Waals surface area (Å²) in [5.41, 5.74) is 1.25. The molecule has 1 aromatic carbocycles. The highest BCUT2D eigenvalue weighted by molar-refractivity contribution is 5.95. The number of ether oxygens (including phenoxy) is 1. The molecule has 1 aliphatic rings. The van der Waals surface area contributed by atoms with Crippen LogP contribution in [0.5, 0.6) is 0 Å². The van der Waals surface area contributed by atoms with E-state index < -0.39 is 0 Å². The number of benzene rings is 1. The van der Waals surface area contributed by atoms with E-state index >= 15 is 0 Å². The molecule has 1 saturated heterocycles. The monoisotopic (exact) mass is 343 g/mol. The highest BCUT2D eigenvalue weighted by Gasteiger charge is 2.16. The molecule has 3 rings (SSSR count). The van der Waals surface area contributed by atoms with Crippen molar-refractivity contribution in [3.63, 3.8) is 0 Å². The number of anilines is 1. The van der Waals surface area contributed by atoms with Crippen molar-refractivity contribution in [3.05, 3.63) is 54.0 Å². The molecule has 0 atom stereocenters. The van der Waals surface area contributed by atoms with Gasteiger partial charge >= 0.3 is 0 Å². The molecule has 0 saturated carbocycles. The van der Waals surface area contributed by atoms with Crippen LogP contribution in [0, 0.1) is 0 Å². The fourth-order valence-electron chi connectivity index (χ4n) is 2.56. The van der Waals surface area contributed by atoms with E-state index in [1.54, 1.807) is 41.5 Å². The third kappa shape index (κ3) is 4.84.